The lowest BCUT2D eigenvalue weighted by molar-refractivity contribution is 0.240. The first-order valence-electron chi connectivity index (χ1n) is 7.90. The van der Waals surface area contributed by atoms with Gasteiger partial charge in [0.05, 0.1) is 24.0 Å². The molecule has 0 aliphatic carbocycles. The molecule has 1 saturated heterocycles. The minimum Gasteiger partial charge on any atom is -0.297 e. The van der Waals surface area contributed by atoms with Gasteiger partial charge in [-0.1, -0.05) is 23.7 Å². The Balaban J connectivity index is 1.75. The van der Waals surface area contributed by atoms with Gasteiger partial charge in [-0.25, -0.2) is 9.07 Å². The fourth-order valence-corrected chi connectivity index (χ4v) is 3.00. The first-order chi connectivity index (χ1) is 11.1. The van der Waals surface area contributed by atoms with Gasteiger partial charge in [-0.05, 0) is 43.9 Å². The van der Waals surface area contributed by atoms with E-state index in [1.807, 2.05) is 6.92 Å². The number of piperidine rings is 1. The predicted molar refractivity (Wildman–Crippen MR) is 90.5 cm³/mol. The van der Waals surface area contributed by atoms with E-state index in [9.17, 15) is 4.39 Å². The zero-order chi connectivity index (χ0) is 16.2. The highest BCUT2D eigenvalue weighted by Crippen LogP contribution is 2.20. The summed E-state index contributed by atoms with van der Waals surface area (Å²) in [4.78, 5) is 0. The van der Waals surface area contributed by atoms with Crippen LogP contribution in [0.1, 0.15) is 36.1 Å². The molecule has 2 aromatic rings. The molecule has 0 unspecified atom stereocenters. The van der Waals surface area contributed by atoms with Crippen LogP contribution in [-0.2, 0) is 6.54 Å². The van der Waals surface area contributed by atoms with Crippen LogP contribution in [0.2, 0.25) is 5.15 Å². The van der Waals surface area contributed by atoms with Crippen LogP contribution in [0, 0.1) is 12.7 Å². The number of aromatic nitrogens is 2. The van der Waals surface area contributed by atoms with Crippen LogP contribution >= 0.6 is 11.6 Å². The van der Waals surface area contributed by atoms with Gasteiger partial charge >= 0.3 is 0 Å². The molecule has 0 spiro atoms. The monoisotopic (exact) mass is 334 g/mol. The third-order valence-electron chi connectivity index (χ3n) is 4.04. The van der Waals surface area contributed by atoms with Gasteiger partial charge in [-0.2, -0.15) is 10.2 Å². The number of halogens is 2. The second-order valence-electron chi connectivity index (χ2n) is 5.83. The number of nitrogens with zero attached hydrogens (tertiary/aromatic N) is 4. The Hall–Kier alpha value is -1.88. The van der Waals surface area contributed by atoms with Crippen LogP contribution in [0.15, 0.2) is 29.4 Å². The topological polar surface area (TPSA) is 33.4 Å². The van der Waals surface area contributed by atoms with Gasteiger partial charge in [-0.15, -0.1) is 0 Å². The van der Waals surface area contributed by atoms with Crippen molar-refractivity contribution in [2.45, 2.75) is 32.7 Å². The summed E-state index contributed by atoms with van der Waals surface area (Å²) in [7, 11) is 0. The lowest BCUT2D eigenvalue weighted by Gasteiger charge is -2.23. The van der Waals surface area contributed by atoms with Crippen LogP contribution in [0.5, 0.6) is 0 Å². The van der Waals surface area contributed by atoms with Crippen LogP contribution in [0.3, 0.4) is 0 Å². The summed E-state index contributed by atoms with van der Waals surface area (Å²) in [5.41, 5.74) is 2.65. The molecule has 0 saturated carbocycles. The van der Waals surface area contributed by atoms with E-state index in [1.54, 1.807) is 23.0 Å². The van der Waals surface area contributed by atoms with Gasteiger partial charge in [0.25, 0.3) is 0 Å². The van der Waals surface area contributed by atoms with Crippen molar-refractivity contribution in [3.8, 4) is 0 Å². The number of aryl methyl sites for hydroxylation is 1. The van der Waals surface area contributed by atoms with Crippen molar-refractivity contribution in [1.82, 2.24) is 14.8 Å². The summed E-state index contributed by atoms with van der Waals surface area (Å²) in [6.45, 7) is 4.43. The summed E-state index contributed by atoms with van der Waals surface area (Å²) in [5, 5.41) is 11.6. The van der Waals surface area contributed by atoms with Crippen LogP contribution in [0.25, 0.3) is 0 Å². The third-order valence-corrected chi connectivity index (χ3v) is 4.44. The fourth-order valence-electron chi connectivity index (χ4n) is 2.71. The second kappa shape index (κ2) is 7.13. The smallest absolute Gasteiger partial charge is 0.136 e. The summed E-state index contributed by atoms with van der Waals surface area (Å²) in [6, 6.07) is 6.37. The molecule has 23 heavy (non-hydrogen) atoms. The van der Waals surface area contributed by atoms with Crippen LogP contribution < -0.4 is 0 Å². The maximum Gasteiger partial charge on any atom is 0.136 e. The Labute approximate surface area is 140 Å². The molecular formula is C17H20ClFN4. The standard InChI is InChI=1S/C17H20ClFN4/c1-13-16(11-20-22-9-3-2-4-10-22)17(18)23(21-13)12-14-5-7-15(19)8-6-14/h5-8,11H,2-4,9-10,12H2,1H3. The Morgan fingerprint density at radius 1 is 1.22 bits per heavy atom. The lowest BCUT2D eigenvalue weighted by atomic mass is 10.2. The van der Waals surface area contributed by atoms with Crippen molar-refractivity contribution < 1.29 is 4.39 Å². The highest BCUT2D eigenvalue weighted by Gasteiger charge is 2.13. The van der Waals surface area contributed by atoms with E-state index in [0.29, 0.717) is 11.7 Å². The summed E-state index contributed by atoms with van der Waals surface area (Å²) < 4.78 is 14.7. The molecule has 0 amide bonds. The normalized spacial score (nSPS) is 15.5. The Bertz CT molecular complexity index is 687. The van der Waals surface area contributed by atoms with Crippen molar-refractivity contribution in [2.24, 2.45) is 5.10 Å². The van der Waals surface area contributed by atoms with Gasteiger partial charge in [-0.3, -0.25) is 5.01 Å². The zero-order valence-electron chi connectivity index (χ0n) is 13.2. The molecule has 4 nitrogen and oxygen atoms in total. The molecule has 1 fully saturated rings. The number of hydrogen-bond donors (Lipinski definition) is 0. The van der Waals surface area contributed by atoms with Crippen molar-refractivity contribution in [1.29, 1.82) is 0 Å². The fraction of sp³-hybridized carbons (Fsp3) is 0.412. The minimum absolute atomic E-state index is 0.245. The van der Waals surface area contributed by atoms with Crippen molar-refractivity contribution >= 4 is 17.8 Å². The highest BCUT2D eigenvalue weighted by molar-refractivity contribution is 6.32. The van der Waals surface area contributed by atoms with Gasteiger partial charge in [0.2, 0.25) is 0 Å². The maximum absolute atomic E-state index is 13.0. The van der Waals surface area contributed by atoms with E-state index in [-0.39, 0.29) is 5.82 Å². The number of rotatable bonds is 4. The molecule has 3 rings (SSSR count). The summed E-state index contributed by atoms with van der Waals surface area (Å²) >= 11 is 6.45. The Morgan fingerprint density at radius 3 is 2.61 bits per heavy atom. The molecular weight excluding hydrogens is 315 g/mol. The van der Waals surface area contributed by atoms with Crippen LogP contribution in [0.4, 0.5) is 4.39 Å². The molecule has 1 aromatic carbocycles. The van der Waals surface area contributed by atoms with Gasteiger partial charge < -0.3 is 0 Å². The second-order valence-corrected chi connectivity index (χ2v) is 6.19. The predicted octanol–water partition coefficient (Wildman–Crippen LogP) is 3.85. The van der Waals surface area contributed by atoms with Crippen molar-refractivity contribution in [3.63, 3.8) is 0 Å². The average molecular weight is 335 g/mol. The van der Waals surface area contributed by atoms with E-state index in [1.165, 1.54) is 31.4 Å². The maximum atomic E-state index is 13.0. The summed E-state index contributed by atoms with van der Waals surface area (Å²) in [6.07, 6.45) is 5.46. The molecule has 2 heterocycles. The Kier molecular flexibility index (Phi) is 4.96. The number of benzene rings is 1. The van der Waals surface area contributed by atoms with Gasteiger partial charge in [0.1, 0.15) is 11.0 Å². The van der Waals surface area contributed by atoms with Gasteiger partial charge in [0.15, 0.2) is 0 Å². The van der Waals surface area contributed by atoms with Crippen molar-refractivity contribution in [2.75, 3.05) is 13.1 Å². The highest BCUT2D eigenvalue weighted by atomic mass is 35.5. The molecule has 0 radical (unpaired) electrons. The first kappa shape index (κ1) is 16.0. The molecule has 1 aromatic heterocycles. The largest absolute Gasteiger partial charge is 0.297 e. The molecule has 6 heteroatoms. The summed E-state index contributed by atoms with van der Waals surface area (Å²) in [5.74, 6) is -0.245. The first-order valence-corrected chi connectivity index (χ1v) is 8.27. The Morgan fingerprint density at radius 2 is 1.91 bits per heavy atom. The minimum atomic E-state index is -0.245. The molecule has 1 aliphatic rings. The van der Waals surface area contributed by atoms with E-state index in [0.717, 1.165) is 29.9 Å². The molecule has 122 valence electrons. The average Bonchev–Trinajstić information content (AvgIpc) is 2.82. The lowest BCUT2D eigenvalue weighted by Crippen LogP contribution is -2.24. The van der Waals surface area contributed by atoms with E-state index in [2.05, 4.69) is 15.2 Å². The third kappa shape index (κ3) is 3.91. The van der Waals surface area contributed by atoms with E-state index in [4.69, 9.17) is 11.6 Å². The number of hydrogen-bond acceptors (Lipinski definition) is 3. The van der Waals surface area contributed by atoms with E-state index < -0.39 is 0 Å². The number of hydrazone groups is 1. The van der Waals surface area contributed by atoms with Crippen LogP contribution in [-0.4, -0.2) is 34.1 Å². The molecule has 0 bridgehead atoms. The SMILES string of the molecule is Cc1nn(Cc2ccc(F)cc2)c(Cl)c1C=NN1CCCCC1. The van der Waals surface area contributed by atoms with Crippen molar-refractivity contribution in [3.05, 3.63) is 52.1 Å². The molecule has 0 atom stereocenters. The van der Waals surface area contributed by atoms with Gasteiger partial charge in [0, 0.05) is 13.1 Å². The van der Waals surface area contributed by atoms with E-state index >= 15 is 0 Å². The molecule has 0 N–H and O–H groups in total. The quantitative estimate of drug-likeness (QED) is 0.796. The zero-order valence-corrected chi connectivity index (χ0v) is 13.9. The molecule has 1 aliphatic heterocycles.